The van der Waals surface area contributed by atoms with Crippen molar-refractivity contribution < 1.29 is 18.7 Å². The second-order valence-electron chi connectivity index (χ2n) is 8.68. The molecule has 0 aliphatic carbocycles. The molecule has 0 spiro atoms. The molecule has 1 N–H and O–H groups in total. The predicted octanol–water partition coefficient (Wildman–Crippen LogP) is 3.82. The molecule has 0 saturated carbocycles. The summed E-state index contributed by atoms with van der Waals surface area (Å²) in [5, 5.41) is 20.0. The Morgan fingerprint density at radius 2 is 1.97 bits per heavy atom. The standard InChI is InChI=1S/C26H22FN7O3/c1-15-25-18(16-7-8-20(21(11-16)36-2)37-13-17-5-3-4-6-19(17)27)12-24(35)29-26(25)34(31-15)23-10-9-22-30-28-14-33(22)32-23/h3-11,14,18H,12-13H2,1-2H3,(H,29,35)/t18-/m0/s1. The third-order valence-corrected chi connectivity index (χ3v) is 6.40. The van der Waals surface area contributed by atoms with E-state index in [-0.39, 0.29) is 30.7 Å². The summed E-state index contributed by atoms with van der Waals surface area (Å²) in [6, 6.07) is 15.5. The van der Waals surface area contributed by atoms with Crippen LogP contribution in [-0.2, 0) is 11.4 Å². The number of nitrogens with one attached hydrogen (secondary N) is 1. The van der Waals surface area contributed by atoms with Gasteiger partial charge in [0, 0.05) is 23.5 Å². The van der Waals surface area contributed by atoms with Gasteiger partial charge in [-0.3, -0.25) is 4.79 Å². The van der Waals surface area contributed by atoms with Gasteiger partial charge in [0.25, 0.3) is 0 Å². The Morgan fingerprint density at radius 3 is 2.81 bits per heavy atom. The second kappa shape index (κ2) is 9.01. The lowest BCUT2D eigenvalue weighted by molar-refractivity contribution is -0.116. The van der Waals surface area contributed by atoms with Crippen molar-refractivity contribution in [2.45, 2.75) is 25.9 Å². The molecule has 1 aliphatic rings. The number of carbonyl (C=O) groups excluding carboxylic acids is 1. The number of anilines is 1. The number of amides is 1. The molecule has 1 amide bonds. The first kappa shape index (κ1) is 22.7. The molecule has 1 atom stereocenters. The number of methoxy groups -OCH3 is 1. The number of benzene rings is 2. The number of carbonyl (C=O) groups is 1. The van der Waals surface area contributed by atoms with Crippen LogP contribution in [0.1, 0.15) is 34.7 Å². The van der Waals surface area contributed by atoms with Gasteiger partial charge in [0.05, 0.1) is 12.8 Å². The second-order valence-corrected chi connectivity index (χ2v) is 8.68. The molecule has 0 bridgehead atoms. The summed E-state index contributed by atoms with van der Waals surface area (Å²) in [7, 11) is 1.55. The summed E-state index contributed by atoms with van der Waals surface area (Å²) in [6.07, 6.45) is 1.75. The van der Waals surface area contributed by atoms with Crippen LogP contribution in [0.15, 0.2) is 60.9 Å². The molecule has 2 aromatic carbocycles. The van der Waals surface area contributed by atoms with Gasteiger partial charge in [0.15, 0.2) is 23.0 Å². The molecule has 0 unspecified atom stereocenters. The van der Waals surface area contributed by atoms with Gasteiger partial charge >= 0.3 is 0 Å². The zero-order chi connectivity index (χ0) is 25.5. The first-order valence-electron chi connectivity index (χ1n) is 11.6. The number of ether oxygens (including phenoxy) is 2. The number of halogens is 1. The van der Waals surface area contributed by atoms with Crippen LogP contribution in [0.4, 0.5) is 10.2 Å². The molecule has 0 fully saturated rings. The molecule has 1 aliphatic heterocycles. The number of hydrogen-bond acceptors (Lipinski definition) is 7. The molecule has 4 heterocycles. The lowest BCUT2D eigenvalue weighted by Crippen LogP contribution is -2.25. The zero-order valence-electron chi connectivity index (χ0n) is 20.1. The van der Waals surface area contributed by atoms with E-state index in [0.29, 0.717) is 34.3 Å². The molecule has 11 heteroatoms. The van der Waals surface area contributed by atoms with E-state index < -0.39 is 0 Å². The number of rotatable bonds is 6. The highest BCUT2D eigenvalue weighted by Gasteiger charge is 2.33. The van der Waals surface area contributed by atoms with Crippen LogP contribution in [0.25, 0.3) is 11.5 Å². The van der Waals surface area contributed by atoms with E-state index in [1.54, 1.807) is 52.7 Å². The average molecular weight is 500 g/mol. The van der Waals surface area contributed by atoms with E-state index >= 15 is 0 Å². The van der Waals surface area contributed by atoms with Crippen molar-refractivity contribution in [3.05, 3.63) is 89.1 Å². The quantitative estimate of drug-likeness (QED) is 0.378. The molecule has 10 nitrogen and oxygen atoms in total. The maximum absolute atomic E-state index is 14.0. The Morgan fingerprint density at radius 1 is 1.11 bits per heavy atom. The Labute approximate surface area is 210 Å². The Balaban J connectivity index is 1.35. The van der Waals surface area contributed by atoms with Gasteiger partial charge in [-0.1, -0.05) is 24.3 Å². The molecular weight excluding hydrogens is 477 g/mol. The molecule has 3 aromatic heterocycles. The summed E-state index contributed by atoms with van der Waals surface area (Å²) < 4.78 is 28.6. The van der Waals surface area contributed by atoms with Crippen LogP contribution in [0.3, 0.4) is 0 Å². The fourth-order valence-corrected chi connectivity index (χ4v) is 4.62. The van der Waals surface area contributed by atoms with Gasteiger partial charge in [0.2, 0.25) is 5.91 Å². The zero-order valence-corrected chi connectivity index (χ0v) is 20.1. The first-order valence-corrected chi connectivity index (χ1v) is 11.6. The average Bonchev–Trinajstić information content (AvgIpc) is 3.51. The summed E-state index contributed by atoms with van der Waals surface area (Å²) >= 11 is 0. The van der Waals surface area contributed by atoms with E-state index in [1.807, 2.05) is 19.1 Å². The van der Waals surface area contributed by atoms with Gasteiger partial charge in [-0.25, -0.2) is 4.39 Å². The minimum absolute atomic E-state index is 0.0635. The van der Waals surface area contributed by atoms with Gasteiger partial charge in [-0.05, 0) is 42.8 Å². The summed E-state index contributed by atoms with van der Waals surface area (Å²) in [4.78, 5) is 12.8. The fourth-order valence-electron chi connectivity index (χ4n) is 4.62. The minimum atomic E-state index is -0.329. The van der Waals surface area contributed by atoms with Crippen LogP contribution in [-0.4, -0.2) is 42.6 Å². The van der Waals surface area contributed by atoms with Crippen molar-refractivity contribution in [2.75, 3.05) is 12.4 Å². The molecule has 186 valence electrons. The number of aromatic nitrogens is 6. The van der Waals surface area contributed by atoms with Crippen molar-refractivity contribution in [1.29, 1.82) is 0 Å². The van der Waals surface area contributed by atoms with Crippen molar-refractivity contribution in [1.82, 2.24) is 29.6 Å². The van der Waals surface area contributed by atoms with Crippen LogP contribution >= 0.6 is 0 Å². The molecule has 0 radical (unpaired) electrons. The maximum atomic E-state index is 14.0. The summed E-state index contributed by atoms with van der Waals surface area (Å²) in [6.45, 7) is 1.97. The van der Waals surface area contributed by atoms with E-state index in [2.05, 4.69) is 25.7 Å². The van der Waals surface area contributed by atoms with Crippen LogP contribution in [0.5, 0.6) is 11.5 Å². The van der Waals surface area contributed by atoms with Crippen LogP contribution < -0.4 is 14.8 Å². The van der Waals surface area contributed by atoms with Crippen LogP contribution in [0, 0.1) is 12.7 Å². The Bertz CT molecular complexity index is 1640. The van der Waals surface area contributed by atoms with E-state index in [9.17, 15) is 9.18 Å². The van der Waals surface area contributed by atoms with E-state index in [0.717, 1.165) is 16.8 Å². The predicted molar refractivity (Wildman–Crippen MR) is 131 cm³/mol. The lowest BCUT2D eigenvalue weighted by Gasteiger charge is -2.25. The van der Waals surface area contributed by atoms with Gasteiger partial charge in [-0.15, -0.1) is 15.3 Å². The Hall–Kier alpha value is -4.80. The Kier molecular flexibility index (Phi) is 5.52. The van der Waals surface area contributed by atoms with Gasteiger partial charge in [-0.2, -0.15) is 14.3 Å². The number of fused-ring (bicyclic) bond motifs is 2. The molecule has 0 saturated heterocycles. The highest BCUT2D eigenvalue weighted by Crippen LogP contribution is 2.42. The third-order valence-electron chi connectivity index (χ3n) is 6.40. The summed E-state index contributed by atoms with van der Waals surface area (Å²) in [5.41, 5.74) is 3.59. The number of aryl methyl sites for hydroxylation is 1. The number of nitrogens with zero attached hydrogens (tertiary/aromatic N) is 6. The highest BCUT2D eigenvalue weighted by molar-refractivity contribution is 5.95. The largest absolute Gasteiger partial charge is 0.493 e. The maximum Gasteiger partial charge on any atom is 0.226 e. The topological polar surface area (TPSA) is 108 Å². The third kappa shape index (κ3) is 4.03. The summed E-state index contributed by atoms with van der Waals surface area (Å²) in [5.74, 6) is 1.34. The van der Waals surface area contributed by atoms with Gasteiger partial charge < -0.3 is 14.8 Å². The fraction of sp³-hybridized carbons (Fsp3) is 0.192. The highest BCUT2D eigenvalue weighted by atomic mass is 19.1. The minimum Gasteiger partial charge on any atom is -0.493 e. The SMILES string of the molecule is COc1cc([C@@H]2CC(=O)Nc3c2c(C)nn3-c2ccc3nncn3n2)ccc1OCc1ccccc1F. The number of hydrogen-bond donors (Lipinski definition) is 1. The van der Waals surface area contributed by atoms with Gasteiger partial charge in [0.1, 0.15) is 24.6 Å². The van der Waals surface area contributed by atoms with Crippen molar-refractivity contribution in [3.8, 4) is 17.3 Å². The molecule has 37 heavy (non-hydrogen) atoms. The van der Waals surface area contributed by atoms with Crippen molar-refractivity contribution in [2.24, 2.45) is 0 Å². The van der Waals surface area contributed by atoms with E-state index in [4.69, 9.17) is 9.47 Å². The smallest absolute Gasteiger partial charge is 0.226 e. The molecular formula is C26H22FN7O3. The van der Waals surface area contributed by atoms with E-state index in [1.165, 1.54) is 12.4 Å². The first-order chi connectivity index (χ1) is 18.0. The van der Waals surface area contributed by atoms with Crippen LogP contribution in [0.2, 0.25) is 0 Å². The van der Waals surface area contributed by atoms with Crippen molar-refractivity contribution >= 4 is 17.4 Å². The lowest BCUT2D eigenvalue weighted by atomic mass is 9.85. The monoisotopic (exact) mass is 499 g/mol. The molecule has 6 rings (SSSR count). The molecule has 5 aromatic rings. The van der Waals surface area contributed by atoms with Crippen molar-refractivity contribution in [3.63, 3.8) is 0 Å². The normalized spacial score (nSPS) is 14.9.